The Balaban J connectivity index is 1.58. The van der Waals surface area contributed by atoms with Crippen molar-refractivity contribution in [2.45, 2.75) is 38.5 Å². The van der Waals surface area contributed by atoms with Crippen LogP contribution in [0.5, 0.6) is 0 Å². The standard InChI is InChI=1S/C19H20FN7O/c1-11-8-25(17-3-2-13(5-21)27-19(17)15(20)7-23-27)9-18-14-6-22-12(10-28)4-16(14)24-26(11)18/h2-3,7,11-12,22,28H,4,6,8-10H2,1H3/t11-,12?/m1/s1. The van der Waals surface area contributed by atoms with Crippen LogP contribution in [-0.4, -0.2) is 43.7 Å². The lowest BCUT2D eigenvalue weighted by atomic mass is 10.0. The quantitative estimate of drug-likeness (QED) is 0.691. The predicted octanol–water partition coefficient (Wildman–Crippen LogP) is 1.13. The van der Waals surface area contributed by atoms with E-state index in [0.29, 0.717) is 37.3 Å². The largest absolute Gasteiger partial charge is 0.395 e. The van der Waals surface area contributed by atoms with E-state index in [2.05, 4.69) is 33.0 Å². The van der Waals surface area contributed by atoms with E-state index in [1.54, 1.807) is 12.1 Å². The summed E-state index contributed by atoms with van der Waals surface area (Å²) in [5, 5.41) is 30.9. The molecule has 0 aliphatic carbocycles. The first-order valence-electron chi connectivity index (χ1n) is 9.35. The van der Waals surface area contributed by atoms with Crippen LogP contribution in [0.2, 0.25) is 0 Å². The summed E-state index contributed by atoms with van der Waals surface area (Å²) in [6.45, 7) is 4.13. The van der Waals surface area contributed by atoms with Gasteiger partial charge in [0.25, 0.3) is 0 Å². The number of nitrogens with zero attached hydrogens (tertiary/aromatic N) is 6. The second-order valence-electron chi connectivity index (χ2n) is 7.48. The second kappa shape index (κ2) is 6.29. The van der Waals surface area contributed by atoms with Crippen molar-refractivity contribution in [1.82, 2.24) is 24.7 Å². The molecular weight excluding hydrogens is 361 g/mol. The number of aromatic nitrogens is 4. The van der Waals surface area contributed by atoms with Crippen molar-refractivity contribution >= 4 is 11.2 Å². The molecule has 0 aromatic carbocycles. The van der Waals surface area contributed by atoms with Crippen LogP contribution >= 0.6 is 0 Å². The first-order valence-corrected chi connectivity index (χ1v) is 9.35. The van der Waals surface area contributed by atoms with Gasteiger partial charge in [0.15, 0.2) is 5.82 Å². The van der Waals surface area contributed by atoms with Crippen LogP contribution in [0, 0.1) is 17.1 Å². The van der Waals surface area contributed by atoms with Gasteiger partial charge in [0.1, 0.15) is 17.3 Å². The number of nitriles is 1. The monoisotopic (exact) mass is 381 g/mol. The van der Waals surface area contributed by atoms with Crippen LogP contribution in [0.1, 0.15) is 35.6 Å². The Hall–Kier alpha value is -2.96. The number of hydrogen-bond donors (Lipinski definition) is 2. The van der Waals surface area contributed by atoms with Crippen molar-refractivity contribution in [2.24, 2.45) is 0 Å². The van der Waals surface area contributed by atoms with Crippen molar-refractivity contribution in [3.63, 3.8) is 0 Å². The minimum Gasteiger partial charge on any atom is -0.395 e. The van der Waals surface area contributed by atoms with Gasteiger partial charge >= 0.3 is 0 Å². The molecule has 2 aliphatic rings. The normalized spacial score (nSPS) is 21.4. The third-order valence-electron chi connectivity index (χ3n) is 5.72. The van der Waals surface area contributed by atoms with Crippen molar-refractivity contribution in [3.05, 3.63) is 46.8 Å². The molecule has 5 rings (SSSR count). The van der Waals surface area contributed by atoms with Crippen molar-refractivity contribution < 1.29 is 9.50 Å². The van der Waals surface area contributed by atoms with E-state index in [1.165, 1.54) is 10.1 Å². The number of pyridine rings is 1. The van der Waals surface area contributed by atoms with Gasteiger partial charge in [-0.2, -0.15) is 15.5 Å². The Morgan fingerprint density at radius 1 is 1.43 bits per heavy atom. The van der Waals surface area contributed by atoms with E-state index < -0.39 is 5.82 Å². The van der Waals surface area contributed by atoms with Crippen LogP contribution in [0.4, 0.5) is 10.1 Å². The third kappa shape index (κ3) is 2.42. The summed E-state index contributed by atoms with van der Waals surface area (Å²) in [7, 11) is 0. The fourth-order valence-corrected chi connectivity index (χ4v) is 4.35. The van der Waals surface area contributed by atoms with Gasteiger partial charge in [-0.1, -0.05) is 0 Å². The van der Waals surface area contributed by atoms with Gasteiger partial charge in [0.2, 0.25) is 0 Å². The lowest BCUT2D eigenvalue weighted by Crippen LogP contribution is -2.39. The molecule has 1 unspecified atom stereocenters. The average molecular weight is 381 g/mol. The summed E-state index contributed by atoms with van der Waals surface area (Å²) < 4.78 is 17.9. The number of nitrogens with one attached hydrogen (secondary N) is 1. The molecule has 3 aromatic rings. The molecule has 0 saturated carbocycles. The molecule has 28 heavy (non-hydrogen) atoms. The van der Waals surface area contributed by atoms with E-state index >= 15 is 0 Å². The minimum absolute atomic E-state index is 0.0369. The fourth-order valence-electron chi connectivity index (χ4n) is 4.35. The Bertz CT molecular complexity index is 1110. The molecule has 2 aliphatic heterocycles. The van der Waals surface area contributed by atoms with Crippen LogP contribution in [0.25, 0.3) is 5.52 Å². The summed E-state index contributed by atoms with van der Waals surface area (Å²) >= 11 is 0. The maximum absolute atomic E-state index is 14.5. The highest BCUT2D eigenvalue weighted by Gasteiger charge is 2.32. The maximum atomic E-state index is 14.5. The van der Waals surface area contributed by atoms with Gasteiger partial charge in [0, 0.05) is 31.1 Å². The van der Waals surface area contributed by atoms with Gasteiger partial charge in [0.05, 0.1) is 42.5 Å². The number of fused-ring (bicyclic) bond motifs is 4. The average Bonchev–Trinajstić information content (AvgIpc) is 3.28. The van der Waals surface area contributed by atoms with Crippen LogP contribution in [0.15, 0.2) is 18.3 Å². The highest BCUT2D eigenvalue weighted by Crippen LogP contribution is 2.34. The Morgan fingerprint density at radius 3 is 3.07 bits per heavy atom. The number of hydrogen-bond acceptors (Lipinski definition) is 6. The SMILES string of the molecule is C[C@@H]1CN(c2ccc(C#N)n3ncc(F)c23)Cc2c3c(nn21)CC(CO)NC3. The van der Waals surface area contributed by atoms with Gasteiger partial charge in [-0.05, 0) is 19.1 Å². The molecule has 2 atom stereocenters. The third-order valence-corrected chi connectivity index (χ3v) is 5.72. The van der Waals surface area contributed by atoms with Gasteiger partial charge in [-0.3, -0.25) is 4.68 Å². The lowest BCUT2D eigenvalue weighted by molar-refractivity contribution is 0.235. The van der Waals surface area contributed by atoms with Crippen LogP contribution < -0.4 is 10.2 Å². The zero-order chi connectivity index (χ0) is 19.4. The number of halogens is 1. The number of anilines is 1. The van der Waals surface area contributed by atoms with Gasteiger partial charge < -0.3 is 15.3 Å². The number of rotatable bonds is 2. The summed E-state index contributed by atoms with van der Waals surface area (Å²) in [6.07, 6.45) is 1.86. The summed E-state index contributed by atoms with van der Waals surface area (Å²) in [4.78, 5) is 2.13. The Morgan fingerprint density at radius 2 is 2.29 bits per heavy atom. The molecule has 144 valence electrons. The fraction of sp³-hybridized carbons (Fsp3) is 0.421. The lowest BCUT2D eigenvalue weighted by Gasteiger charge is -2.34. The maximum Gasteiger partial charge on any atom is 0.171 e. The van der Waals surface area contributed by atoms with E-state index in [1.807, 2.05) is 0 Å². The summed E-state index contributed by atoms with van der Waals surface area (Å²) in [5.41, 5.74) is 4.65. The van der Waals surface area contributed by atoms with Gasteiger partial charge in [-0.25, -0.2) is 8.91 Å². The van der Waals surface area contributed by atoms with E-state index in [9.17, 15) is 14.8 Å². The number of aliphatic hydroxyl groups excluding tert-OH is 1. The predicted molar refractivity (Wildman–Crippen MR) is 99.3 cm³/mol. The highest BCUT2D eigenvalue weighted by atomic mass is 19.1. The first kappa shape index (κ1) is 17.2. The zero-order valence-corrected chi connectivity index (χ0v) is 15.4. The van der Waals surface area contributed by atoms with E-state index in [4.69, 9.17) is 5.10 Å². The Labute approximate surface area is 160 Å². The molecule has 3 aromatic heterocycles. The molecule has 5 heterocycles. The van der Waals surface area contributed by atoms with E-state index in [-0.39, 0.29) is 18.7 Å². The van der Waals surface area contributed by atoms with E-state index in [0.717, 1.165) is 23.3 Å². The molecule has 0 amide bonds. The summed E-state index contributed by atoms with van der Waals surface area (Å²) in [6, 6.07) is 5.68. The minimum atomic E-state index is -0.437. The molecule has 0 bridgehead atoms. The van der Waals surface area contributed by atoms with Gasteiger partial charge in [-0.15, -0.1) is 0 Å². The van der Waals surface area contributed by atoms with Crippen molar-refractivity contribution in [1.29, 1.82) is 5.26 Å². The molecule has 0 spiro atoms. The van der Waals surface area contributed by atoms with Crippen LogP contribution in [0.3, 0.4) is 0 Å². The molecular formula is C19H20FN7O. The summed E-state index contributed by atoms with van der Waals surface area (Å²) in [5.74, 6) is -0.437. The number of aliphatic hydroxyl groups is 1. The topological polar surface area (TPSA) is 94.4 Å². The highest BCUT2D eigenvalue weighted by molar-refractivity contribution is 5.75. The van der Waals surface area contributed by atoms with Crippen LogP contribution in [-0.2, 0) is 19.5 Å². The molecule has 0 fully saturated rings. The molecule has 0 radical (unpaired) electrons. The second-order valence-corrected chi connectivity index (χ2v) is 7.48. The first-order chi connectivity index (χ1) is 13.6. The van der Waals surface area contributed by atoms with Crippen molar-refractivity contribution in [2.75, 3.05) is 18.1 Å². The zero-order valence-electron chi connectivity index (χ0n) is 15.4. The van der Waals surface area contributed by atoms with Crippen molar-refractivity contribution in [3.8, 4) is 6.07 Å². The molecule has 9 heteroatoms. The molecule has 8 nitrogen and oxygen atoms in total. The smallest absolute Gasteiger partial charge is 0.171 e. The Kier molecular flexibility index (Phi) is 3.86. The molecule has 0 saturated heterocycles. The molecule has 2 N–H and O–H groups in total.